The van der Waals surface area contributed by atoms with Crippen LogP contribution in [0.4, 0.5) is 19.3 Å². The van der Waals surface area contributed by atoms with Crippen LogP contribution in [-0.4, -0.2) is 36.1 Å². The van der Waals surface area contributed by atoms with E-state index in [-0.39, 0.29) is 12.4 Å². The van der Waals surface area contributed by atoms with E-state index in [4.69, 9.17) is 9.47 Å². The molecule has 0 radical (unpaired) electrons. The fourth-order valence-electron chi connectivity index (χ4n) is 3.22. The van der Waals surface area contributed by atoms with E-state index in [1.807, 2.05) is 0 Å². The predicted octanol–water partition coefficient (Wildman–Crippen LogP) is 2.10. The normalized spacial score (nSPS) is 20.0. The number of hydrogen-bond acceptors (Lipinski definition) is 5. The number of fused-ring (bicyclic) bond motifs is 1. The van der Waals surface area contributed by atoms with Crippen molar-refractivity contribution in [2.24, 2.45) is 0 Å². The van der Waals surface area contributed by atoms with Gasteiger partial charge in [0.05, 0.1) is 0 Å². The summed E-state index contributed by atoms with van der Waals surface area (Å²) in [6, 6.07) is 6.44. The zero-order chi connectivity index (χ0) is 20.8. The molecule has 0 spiro atoms. The first-order chi connectivity index (χ1) is 13.8. The van der Waals surface area contributed by atoms with E-state index in [1.165, 1.54) is 6.92 Å². The first-order valence-electron chi connectivity index (χ1n) is 8.57. The van der Waals surface area contributed by atoms with Gasteiger partial charge >= 0.3 is 6.03 Å². The Labute approximate surface area is 163 Å². The number of hydrogen-bond donors (Lipinski definition) is 2. The molecule has 2 aromatic rings. The maximum Gasteiger partial charge on any atom is 0.325 e. The van der Waals surface area contributed by atoms with E-state index < -0.39 is 41.6 Å². The molecule has 29 heavy (non-hydrogen) atoms. The second kappa shape index (κ2) is 6.73. The molecule has 4 amide bonds. The highest BCUT2D eigenvalue weighted by Gasteiger charge is 2.50. The molecule has 2 N–H and O–H groups in total. The van der Waals surface area contributed by atoms with Crippen LogP contribution in [0, 0.1) is 11.6 Å². The van der Waals surface area contributed by atoms with Gasteiger partial charge in [-0.25, -0.2) is 13.6 Å². The third kappa shape index (κ3) is 3.22. The number of amides is 4. The topological polar surface area (TPSA) is 97.0 Å². The molecule has 0 bridgehead atoms. The van der Waals surface area contributed by atoms with Gasteiger partial charge in [0, 0.05) is 17.3 Å². The summed E-state index contributed by atoms with van der Waals surface area (Å²) in [5.41, 5.74) is -1.78. The third-order valence-electron chi connectivity index (χ3n) is 4.70. The van der Waals surface area contributed by atoms with Crippen LogP contribution in [-0.2, 0) is 15.1 Å². The van der Waals surface area contributed by atoms with Crippen molar-refractivity contribution in [2.75, 3.05) is 18.7 Å². The summed E-state index contributed by atoms with van der Waals surface area (Å²) in [6.07, 6.45) is 0. The number of nitrogens with one attached hydrogen (secondary N) is 2. The van der Waals surface area contributed by atoms with Crippen molar-refractivity contribution in [1.29, 1.82) is 0 Å². The van der Waals surface area contributed by atoms with Crippen molar-refractivity contribution in [2.45, 2.75) is 12.5 Å². The Bertz CT molecular complexity index is 1040. The highest BCUT2D eigenvalue weighted by Crippen LogP contribution is 2.34. The Kier molecular flexibility index (Phi) is 4.33. The Morgan fingerprint density at radius 3 is 2.72 bits per heavy atom. The first kappa shape index (κ1) is 18.7. The van der Waals surface area contributed by atoms with Crippen molar-refractivity contribution >= 4 is 23.5 Å². The quantitative estimate of drug-likeness (QED) is 0.763. The van der Waals surface area contributed by atoms with Gasteiger partial charge in [0.25, 0.3) is 5.91 Å². The van der Waals surface area contributed by atoms with Crippen LogP contribution in [0.2, 0.25) is 0 Å². The van der Waals surface area contributed by atoms with Crippen LogP contribution < -0.4 is 20.1 Å². The molecular formula is C19H15F2N3O5. The van der Waals surface area contributed by atoms with Crippen LogP contribution in [0.3, 0.4) is 0 Å². The predicted molar refractivity (Wildman–Crippen MR) is 95.1 cm³/mol. The van der Waals surface area contributed by atoms with E-state index >= 15 is 0 Å². The van der Waals surface area contributed by atoms with Gasteiger partial charge in [-0.1, -0.05) is 0 Å². The van der Waals surface area contributed by atoms with Gasteiger partial charge in [0.15, 0.2) is 11.5 Å². The molecule has 0 aromatic heterocycles. The first-order valence-corrected chi connectivity index (χ1v) is 8.57. The lowest BCUT2D eigenvalue weighted by atomic mass is 9.91. The number of halogens is 2. The third-order valence-corrected chi connectivity index (χ3v) is 4.70. The minimum absolute atomic E-state index is 0.0738. The number of imide groups is 1. The summed E-state index contributed by atoms with van der Waals surface area (Å²) < 4.78 is 38.1. The number of anilines is 1. The largest absolute Gasteiger partial charge is 0.454 e. The average molecular weight is 403 g/mol. The number of ether oxygens (including phenoxy) is 2. The minimum Gasteiger partial charge on any atom is -0.454 e. The van der Waals surface area contributed by atoms with Crippen LogP contribution in [0.1, 0.15) is 12.5 Å². The molecule has 10 heteroatoms. The van der Waals surface area contributed by atoms with E-state index in [2.05, 4.69) is 10.6 Å². The van der Waals surface area contributed by atoms with Crippen LogP contribution in [0.5, 0.6) is 11.5 Å². The fraction of sp³-hybridized carbons (Fsp3) is 0.211. The van der Waals surface area contributed by atoms with Crippen molar-refractivity contribution in [3.63, 3.8) is 0 Å². The lowest BCUT2D eigenvalue weighted by molar-refractivity contribution is -0.133. The molecule has 0 unspecified atom stereocenters. The van der Waals surface area contributed by atoms with Gasteiger partial charge < -0.3 is 20.1 Å². The molecule has 1 saturated heterocycles. The zero-order valence-electron chi connectivity index (χ0n) is 15.1. The second-order valence-corrected chi connectivity index (χ2v) is 6.69. The summed E-state index contributed by atoms with van der Waals surface area (Å²) in [4.78, 5) is 38.0. The molecule has 0 saturated carbocycles. The van der Waals surface area contributed by atoms with E-state index in [0.29, 0.717) is 22.1 Å². The highest BCUT2D eigenvalue weighted by atomic mass is 19.1. The summed E-state index contributed by atoms with van der Waals surface area (Å²) in [5, 5.41) is 4.88. The van der Waals surface area contributed by atoms with Gasteiger partial charge in [0.1, 0.15) is 23.7 Å². The van der Waals surface area contributed by atoms with E-state index in [1.54, 1.807) is 18.2 Å². The Morgan fingerprint density at radius 2 is 1.93 bits per heavy atom. The number of rotatable bonds is 4. The van der Waals surface area contributed by atoms with Gasteiger partial charge in [-0.05, 0) is 37.3 Å². The van der Waals surface area contributed by atoms with E-state index in [9.17, 15) is 23.2 Å². The average Bonchev–Trinajstić information content (AvgIpc) is 3.22. The number of nitrogens with zero attached hydrogens (tertiary/aromatic N) is 1. The summed E-state index contributed by atoms with van der Waals surface area (Å²) in [7, 11) is 0. The van der Waals surface area contributed by atoms with Crippen LogP contribution in [0.25, 0.3) is 0 Å². The van der Waals surface area contributed by atoms with Crippen molar-refractivity contribution in [1.82, 2.24) is 10.2 Å². The minimum atomic E-state index is -1.83. The molecule has 2 aliphatic heterocycles. The van der Waals surface area contributed by atoms with Crippen molar-refractivity contribution in [3.05, 3.63) is 53.6 Å². The van der Waals surface area contributed by atoms with Gasteiger partial charge in [0.2, 0.25) is 12.7 Å². The molecule has 0 aliphatic carbocycles. The molecule has 4 rings (SSSR count). The number of carbonyl (C=O) groups excluding carboxylic acids is 3. The van der Waals surface area contributed by atoms with Crippen molar-refractivity contribution in [3.8, 4) is 11.5 Å². The molecule has 1 atom stereocenters. The standard InChI is InChI=1S/C19H15F2N3O5/c1-19(12-6-10(20)2-4-13(12)21)17(26)24(18(27)23-19)8-16(25)22-11-3-5-14-15(7-11)29-9-28-14/h2-7H,8-9H2,1H3,(H,22,25)(H,23,27)/t19-/m0/s1. The molecule has 2 heterocycles. The van der Waals surface area contributed by atoms with Gasteiger partial charge in [-0.15, -0.1) is 0 Å². The Morgan fingerprint density at radius 1 is 1.17 bits per heavy atom. The maximum atomic E-state index is 14.2. The van der Waals surface area contributed by atoms with Crippen LogP contribution in [0.15, 0.2) is 36.4 Å². The molecule has 2 aliphatic rings. The molecule has 150 valence electrons. The summed E-state index contributed by atoms with van der Waals surface area (Å²) >= 11 is 0. The molecule has 8 nitrogen and oxygen atoms in total. The highest BCUT2D eigenvalue weighted by molar-refractivity contribution is 6.10. The van der Waals surface area contributed by atoms with Crippen LogP contribution >= 0.6 is 0 Å². The molecular weight excluding hydrogens is 388 g/mol. The maximum absolute atomic E-state index is 14.2. The molecule has 2 aromatic carbocycles. The lowest BCUT2D eigenvalue weighted by Gasteiger charge is -2.22. The Hall–Kier alpha value is -3.69. The SMILES string of the molecule is C[C@@]1(c2cc(F)ccc2F)NC(=O)N(CC(=O)Nc2ccc3c(c2)OCO3)C1=O. The van der Waals surface area contributed by atoms with Gasteiger partial charge in [-0.3, -0.25) is 14.5 Å². The Balaban J connectivity index is 1.50. The fourth-order valence-corrected chi connectivity index (χ4v) is 3.22. The van der Waals surface area contributed by atoms with Gasteiger partial charge in [-0.2, -0.15) is 0 Å². The number of carbonyl (C=O) groups is 3. The summed E-state index contributed by atoms with van der Waals surface area (Å²) in [5.74, 6) is -2.15. The zero-order valence-corrected chi connectivity index (χ0v) is 15.1. The lowest BCUT2D eigenvalue weighted by Crippen LogP contribution is -2.42. The number of urea groups is 1. The monoisotopic (exact) mass is 403 g/mol. The molecule has 1 fully saturated rings. The smallest absolute Gasteiger partial charge is 0.325 e. The van der Waals surface area contributed by atoms with E-state index in [0.717, 1.165) is 18.2 Å². The number of benzene rings is 2. The van der Waals surface area contributed by atoms with Crippen molar-refractivity contribution < 1.29 is 32.6 Å². The summed E-state index contributed by atoms with van der Waals surface area (Å²) in [6.45, 7) is 0.719. The second-order valence-electron chi connectivity index (χ2n) is 6.69.